The minimum Gasteiger partial charge on any atom is -0.465 e. The predicted molar refractivity (Wildman–Crippen MR) is 150 cm³/mol. The van der Waals surface area contributed by atoms with E-state index in [1.54, 1.807) is 6.07 Å². The average Bonchev–Trinajstić information content (AvgIpc) is 3.43. The molecule has 0 radical (unpaired) electrons. The first-order valence-corrected chi connectivity index (χ1v) is 12.8. The number of carbonyl (C=O) groups is 1. The Hall–Kier alpha value is -3.97. The van der Waals surface area contributed by atoms with Crippen molar-refractivity contribution in [3.8, 4) is 5.69 Å². The highest BCUT2D eigenvalue weighted by molar-refractivity contribution is 7.80. The van der Waals surface area contributed by atoms with Crippen molar-refractivity contribution >= 4 is 29.0 Å². The van der Waals surface area contributed by atoms with Gasteiger partial charge in [0.15, 0.2) is 5.11 Å². The second-order valence-corrected chi connectivity index (χ2v) is 9.57. The summed E-state index contributed by atoms with van der Waals surface area (Å²) in [6, 6.07) is 23.9. The Kier molecular flexibility index (Phi) is 6.80. The Morgan fingerprint density at radius 1 is 1.05 bits per heavy atom. The molecule has 0 spiro atoms. The number of esters is 1. The summed E-state index contributed by atoms with van der Waals surface area (Å²) < 4.78 is 7.19. The molecule has 2 atom stereocenters. The SMILES string of the molecule is CCc1ccc(N2C(=S)N[C@@H](c3ccccn3)[C@@H]2c2cc(C)n(-c3ccccc3C(=O)OC)c2C)cc1. The van der Waals surface area contributed by atoms with E-state index in [9.17, 15) is 4.79 Å². The molecule has 5 rings (SSSR count). The van der Waals surface area contributed by atoms with Gasteiger partial charge in [-0.2, -0.15) is 0 Å². The number of anilines is 1. The Labute approximate surface area is 222 Å². The highest BCUT2D eigenvalue weighted by Crippen LogP contribution is 2.44. The van der Waals surface area contributed by atoms with Crippen molar-refractivity contribution < 1.29 is 9.53 Å². The van der Waals surface area contributed by atoms with Gasteiger partial charge in [-0.15, -0.1) is 0 Å². The molecule has 7 heteroatoms. The van der Waals surface area contributed by atoms with Gasteiger partial charge in [0.2, 0.25) is 0 Å². The van der Waals surface area contributed by atoms with Crippen molar-refractivity contribution in [1.29, 1.82) is 0 Å². The predicted octanol–water partition coefficient (Wildman–Crippen LogP) is 6.02. The topological polar surface area (TPSA) is 59.4 Å². The third-order valence-electron chi connectivity index (χ3n) is 7.06. The van der Waals surface area contributed by atoms with Gasteiger partial charge in [-0.3, -0.25) is 4.98 Å². The second-order valence-electron chi connectivity index (χ2n) is 9.19. The number of nitrogens with one attached hydrogen (secondary N) is 1. The van der Waals surface area contributed by atoms with Crippen LogP contribution in [0.4, 0.5) is 5.69 Å². The Morgan fingerprint density at radius 3 is 2.46 bits per heavy atom. The van der Waals surface area contributed by atoms with E-state index < -0.39 is 0 Å². The molecule has 0 amide bonds. The summed E-state index contributed by atoms with van der Waals surface area (Å²) in [7, 11) is 1.41. The molecule has 0 aliphatic carbocycles. The van der Waals surface area contributed by atoms with Crippen LogP contribution in [-0.4, -0.2) is 27.7 Å². The molecule has 3 heterocycles. The van der Waals surface area contributed by atoms with Crippen LogP contribution < -0.4 is 10.2 Å². The number of aromatic nitrogens is 2. The van der Waals surface area contributed by atoms with Crippen molar-refractivity contribution in [2.45, 2.75) is 39.3 Å². The molecule has 0 saturated carbocycles. The number of aryl methyl sites for hydroxylation is 2. The number of pyridine rings is 1. The second kappa shape index (κ2) is 10.2. The smallest absolute Gasteiger partial charge is 0.339 e. The standard InChI is InChI=1S/C30H30N4O2S/c1-5-21-13-15-22(16-14-21)34-28(27(32-30(34)37)25-11-8-9-17-31-25)24-18-19(2)33(20(24)3)26-12-7-6-10-23(26)29(35)36-4/h6-18,27-28H,5H2,1-4H3,(H,32,37)/t27-,28-/m0/s1. The lowest BCUT2D eigenvalue weighted by Crippen LogP contribution is -2.29. The maximum Gasteiger partial charge on any atom is 0.339 e. The lowest BCUT2D eigenvalue weighted by Gasteiger charge is -2.28. The molecular weight excluding hydrogens is 480 g/mol. The molecule has 37 heavy (non-hydrogen) atoms. The summed E-state index contributed by atoms with van der Waals surface area (Å²) in [5, 5.41) is 4.20. The van der Waals surface area contributed by atoms with Gasteiger partial charge in [0.25, 0.3) is 0 Å². The van der Waals surface area contributed by atoms with Gasteiger partial charge in [-0.1, -0.05) is 37.3 Å². The van der Waals surface area contributed by atoms with Crippen LogP contribution >= 0.6 is 12.2 Å². The first-order chi connectivity index (χ1) is 17.9. The molecule has 0 bridgehead atoms. The number of thiocarbonyl (C=S) groups is 1. The number of nitrogens with zero attached hydrogens (tertiary/aromatic N) is 3. The van der Waals surface area contributed by atoms with Gasteiger partial charge in [0.1, 0.15) is 0 Å². The van der Waals surface area contributed by atoms with Crippen molar-refractivity contribution in [3.05, 3.63) is 113 Å². The van der Waals surface area contributed by atoms with Gasteiger partial charge in [-0.25, -0.2) is 4.79 Å². The largest absolute Gasteiger partial charge is 0.465 e. The minimum absolute atomic E-state index is 0.139. The minimum atomic E-state index is -0.364. The fourth-order valence-corrected chi connectivity index (χ4v) is 5.60. The number of hydrogen-bond donors (Lipinski definition) is 1. The van der Waals surface area contributed by atoms with Crippen molar-refractivity contribution in [3.63, 3.8) is 0 Å². The Morgan fingerprint density at radius 2 is 1.78 bits per heavy atom. The average molecular weight is 511 g/mol. The number of benzene rings is 2. The van der Waals surface area contributed by atoms with E-state index in [0.717, 1.165) is 40.4 Å². The number of rotatable bonds is 6. The fourth-order valence-electron chi connectivity index (χ4n) is 5.25. The molecule has 1 fully saturated rings. The van der Waals surface area contributed by atoms with Crippen molar-refractivity contribution in [2.24, 2.45) is 0 Å². The molecule has 1 aliphatic heterocycles. The van der Waals surface area contributed by atoms with Gasteiger partial charge < -0.3 is 19.5 Å². The maximum absolute atomic E-state index is 12.6. The third-order valence-corrected chi connectivity index (χ3v) is 7.37. The quantitative estimate of drug-likeness (QED) is 0.253. The van der Waals surface area contributed by atoms with Crippen LogP contribution in [0, 0.1) is 13.8 Å². The summed E-state index contributed by atoms with van der Waals surface area (Å²) in [6.07, 6.45) is 2.79. The molecule has 1 aliphatic rings. The monoisotopic (exact) mass is 510 g/mol. The van der Waals surface area contributed by atoms with E-state index >= 15 is 0 Å². The summed E-state index contributed by atoms with van der Waals surface area (Å²) in [6.45, 7) is 6.30. The molecule has 2 aromatic heterocycles. The number of methoxy groups -OCH3 is 1. The van der Waals surface area contributed by atoms with E-state index in [-0.39, 0.29) is 18.1 Å². The van der Waals surface area contributed by atoms with E-state index in [1.165, 1.54) is 12.7 Å². The summed E-state index contributed by atoms with van der Waals surface area (Å²) in [4.78, 5) is 19.4. The molecule has 2 aromatic carbocycles. The normalized spacial score (nSPS) is 17.1. The molecule has 0 unspecified atom stereocenters. The van der Waals surface area contributed by atoms with E-state index in [4.69, 9.17) is 17.0 Å². The number of hydrogen-bond acceptors (Lipinski definition) is 4. The Balaban J connectivity index is 1.68. The lowest BCUT2D eigenvalue weighted by molar-refractivity contribution is 0.0600. The van der Waals surface area contributed by atoms with Crippen LogP contribution in [0.2, 0.25) is 0 Å². The number of ether oxygens (including phenoxy) is 1. The van der Waals surface area contributed by atoms with Gasteiger partial charge in [-0.05, 0) is 86.1 Å². The van der Waals surface area contributed by atoms with Crippen molar-refractivity contribution in [1.82, 2.24) is 14.9 Å². The number of carbonyl (C=O) groups excluding carboxylic acids is 1. The first-order valence-electron chi connectivity index (χ1n) is 12.4. The van der Waals surface area contributed by atoms with E-state index in [0.29, 0.717) is 10.7 Å². The van der Waals surface area contributed by atoms with Crippen LogP contribution in [0.1, 0.15) is 57.6 Å². The van der Waals surface area contributed by atoms with Crippen LogP contribution in [0.25, 0.3) is 5.69 Å². The van der Waals surface area contributed by atoms with Crippen LogP contribution in [-0.2, 0) is 11.2 Å². The van der Waals surface area contributed by atoms with Crippen LogP contribution in [0.3, 0.4) is 0 Å². The van der Waals surface area contributed by atoms with Gasteiger partial charge in [0.05, 0.1) is 36.1 Å². The highest BCUT2D eigenvalue weighted by atomic mass is 32.1. The number of para-hydroxylation sites is 1. The molecule has 188 valence electrons. The van der Waals surface area contributed by atoms with Gasteiger partial charge >= 0.3 is 5.97 Å². The molecule has 1 N–H and O–H groups in total. The molecule has 4 aromatic rings. The summed E-state index contributed by atoms with van der Waals surface area (Å²) >= 11 is 5.90. The lowest BCUT2D eigenvalue weighted by atomic mass is 9.96. The van der Waals surface area contributed by atoms with Crippen molar-refractivity contribution in [2.75, 3.05) is 12.0 Å². The zero-order valence-corrected chi connectivity index (χ0v) is 22.3. The molecule has 6 nitrogen and oxygen atoms in total. The molecule has 1 saturated heterocycles. The summed E-state index contributed by atoms with van der Waals surface area (Å²) in [5.41, 5.74) is 7.69. The fraction of sp³-hybridized carbons (Fsp3) is 0.233. The maximum atomic E-state index is 12.6. The summed E-state index contributed by atoms with van der Waals surface area (Å²) in [5.74, 6) is -0.364. The van der Waals surface area contributed by atoms with Crippen LogP contribution in [0.15, 0.2) is 79.0 Å². The third kappa shape index (κ3) is 4.40. The Bertz CT molecular complexity index is 1450. The van der Waals surface area contributed by atoms with Crippen LogP contribution in [0.5, 0.6) is 0 Å². The van der Waals surface area contributed by atoms with E-state index in [2.05, 4.69) is 70.9 Å². The van der Waals surface area contributed by atoms with E-state index in [1.807, 2.05) is 42.6 Å². The van der Waals surface area contributed by atoms with Gasteiger partial charge in [0, 0.05) is 23.3 Å². The first kappa shape index (κ1) is 24.7. The zero-order chi connectivity index (χ0) is 26.1. The zero-order valence-electron chi connectivity index (χ0n) is 21.4. The highest BCUT2D eigenvalue weighted by Gasteiger charge is 2.42. The molecular formula is C30H30N4O2S.